The Morgan fingerprint density at radius 2 is 2.00 bits per heavy atom. The standard InChI is InChI=1S/C18H21ClF3N5OS/c1-11-3-4-13(12(19)9-11)26-15(28)5-7-24-17(23-2)25-8-6-16-27-14(10-29-16)18(20,21)22/h3-4,9-10H,5-8H2,1-2H3,(H,26,28)(H2,23,24,25). The third kappa shape index (κ3) is 7.54. The van der Waals surface area contributed by atoms with Crippen molar-refractivity contribution < 1.29 is 18.0 Å². The molecule has 11 heteroatoms. The SMILES string of the molecule is CN=C(NCCC(=O)Nc1ccc(C)cc1Cl)NCCc1nc(C(F)(F)F)cs1. The van der Waals surface area contributed by atoms with Crippen molar-refractivity contribution >= 4 is 40.5 Å². The number of halogens is 4. The molecule has 29 heavy (non-hydrogen) atoms. The highest BCUT2D eigenvalue weighted by Gasteiger charge is 2.33. The molecule has 0 atom stereocenters. The molecule has 0 fully saturated rings. The van der Waals surface area contributed by atoms with Crippen molar-refractivity contribution in [3.8, 4) is 0 Å². The molecule has 0 spiro atoms. The van der Waals surface area contributed by atoms with Gasteiger partial charge in [-0.3, -0.25) is 9.79 Å². The number of amides is 1. The molecule has 0 radical (unpaired) electrons. The van der Waals surface area contributed by atoms with E-state index in [0.717, 1.165) is 22.3 Å². The van der Waals surface area contributed by atoms with Gasteiger partial charge in [0.15, 0.2) is 11.7 Å². The number of guanidine groups is 1. The van der Waals surface area contributed by atoms with Crippen LogP contribution >= 0.6 is 22.9 Å². The van der Waals surface area contributed by atoms with Gasteiger partial charge >= 0.3 is 6.18 Å². The van der Waals surface area contributed by atoms with E-state index in [2.05, 4.69) is 25.9 Å². The Morgan fingerprint density at radius 1 is 1.28 bits per heavy atom. The number of aliphatic imine (C=N–C) groups is 1. The van der Waals surface area contributed by atoms with Crippen LogP contribution in [0.2, 0.25) is 5.02 Å². The first-order valence-corrected chi connectivity index (χ1v) is 9.97. The molecule has 2 aromatic rings. The summed E-state index contributed by atoms with van der Waals surface area (Å²) in [6.07, 6.45) is -3.91. The summed E-state index contributed by atoms with van der Waals surface area (Å²) in [5.74, 6) is 0.236. The smallest absolute Gasteiger partial charge is 0.356 e. The summed E-state index contributed by atoms with van der Waals surface area (Å²) in [6.45, 7) is 2.59. The molecule has 6 nitrogen and oxygen atoms in total. The van der Waals surface area contributed by atoms with Gasteiger partial charge in [-0.2, -0.15) is 13.2 Å². The van der Waals surface area contributed by atoms with Crippen LogP contribution in [0.4, 0.5) is 18.9 Å². The first-order valence-electron chi connectivity index (χ1n) is 8.71. The van der Waals surface area contributed by atoms with Gasteiger partial charge < -0.3 is 16.0 Å². The van der Waals surface area contributed by atoms with Crippen LogP contribution in [0.25, 0.3) is 0 Å². The molecule has 0 bridgehead atoms. The van der Waals surface area contributed by atoms with Crippen LogP contribution in [0.1, 0.15) is 22.7 Å². The number of aromatic nitrogens is 1. The number of anilines is 1. The van der Waals surface area contributed by atoms with Crippen LogP contribution in [0.5, 0.6) is 0 Å². The average molecular weight is 448 g/mol. The third-order valence-corrected chi connectivity index (χ3v) is 4.96. The van der Waals surface area contributed by atoms with E-state index in [0.29, 0.717) is 41.2 Å². The van der Waals surface area contributed by atoms with Crippen LogP contribution in [-0.2, 0) is 17.4 Å². The highest BCUT2D eigenvalue weighted by molar-refractivity contribution is 7.09. The van der Waals surface area contributed by atoms with Crippen molar-refractivity contribution in [2.45, 2.75) is 25.9 Å². The molecular weight excluding hydrogens is 427 g/mol. The summed E-state index contributed by atoms with van der Waals surface area (Å²) in [6, 6.07) is 5.36. The van der Waals surface area contributed by atoms with Gasteiger partial charge in [0, 0.05) is 38.4 Å². The van der Waals surface area contributed by atoms with Crippen molar-refractivity contribution in [3.05, 3.63) is 44.9 Å². The van der Waals surface area contributed by atoms with Crippen LogP contribution < -0.4 is 16.0 Å². The number of carbonyl (C=O) groups is 1. The fraction of sp³-hybridized carbons (Fsp3) is 0.389. The molecule has 158 valence electrons. The van der Waals surface area contributed by atoms with Crippen LogP contribution in [0.15, 0.2) is 28.6 Å². The van der Waals surface area contributed by atoms with Gasteiger partial charge in [0.1, 0.15) is 0 Å². The minimum absolute atomic E-state index is 0.187. The third-order valence-electron chi connectivity index (χ3n) is 3.74. The molecule has 1 amide bonds. The highest BCUT2D eigenvalue weighted by Crippen LogP contribution is 2.30. The van der Waals surface area contributed by atoms with Crippen LogP contribution in [0.3, 0.4) is 0 Å². The summed E-state index contributed by atoms with van der Waals surface area (Å²) >= 11 is 7.05. The van der Waals surface area contributed by atoms with E-state index in [-0.39, 0.29) is 12.3 Å². The number of hydrogen-bond acceptors (Lipinski definition) is 4. The second-order valence-corrected chi connectivity index (χ2v) is 7.43. The summed E-state index contributed by atoms with van der Waals surface area (Å²) < 4.78 is 37.6. The quantitative estimate of drug-likeness (QED) is 0.445. The van der Waals surface area contributed by atoms with E-state index in [9.17, 15) is 18.0 Å². The molecule has 3 N–H and O–H groups in total. The minimum Gasteiger partial charge on any atom is -0.356 e. The predicted molar refractivity (Wildman–Crippen MR) is 110 cm³/mol. The number of aryl methyl sites for hydroxylation is 1. The molecule has 0 aliphatic carbocycles. The average Bonchev–Trinajstić information content (AvgIpc) is 3.12. The molecule has 2 rings (SSSR count). The van der Waals surface area contributed by atoms with Crippen molar-refractivity contribution in [1.29, 1.82) is 0 Å². The predicted octanol–water partition coefficient (Wildman–Crippen LogP) is 3.86. The zero-order chi connectivity index (χ0) is 21.4. The van der Waals surface area contributed by atoms with Gasteiger partial charge in [0.2, 0.25) is 5.91 Å². The Morgan fingerprint density at radius 3 is 2.62 bits per heavy atom. The fourth-order valence-corrected chi connectivity index (χ4v) is 3.38. The molecular formula is C18H21ClF3N5OS. The Kier molecular flexibility index (Phi) is 8.27. The van der Waals surface area contributed by atoms with Gasteiger partial charge in [0.05, 0.1) is 15.7 Å². The van der Waals surface area contributed by atoms with Crippen molar-refractivity contribution in [1.82, 2.24) is 15.6 Å². The van der Waals surface area contributed by atoms with Crippen molar-refractivity contribution in [2.24, 2.45) is 4.99 Å². The highest BCUT2D eigenvalue weighted by atomic mass is 35.5. The molecule has 0 aliphatic heterocycles. The molecule has 0 saturated heterocycles. The summed E-state index contributed by atoms with van der Waals surface area (Å²) in [5.41, 5.74) is 0.670. The molecule has 0 aliphatic rings. The number of rotatable bonds is 7. The second-order valence-electron chi connectivity index (χ2n) is 6.08. The fourth-order valence-electron chi connectivity index (χ4n) is 2.29. The lowest BCUT2D eigenvalue weighted by Crippen LogP contribution is -2.39. The molecule has 1 aromatic heterocycles. The second kappa shape index (κ2) is 10.4. The molecule has 1 aromatic carbocycles. The van der Waals surface area contributed by atoms with E-state index in [1.807, 2.05) is 13.0 Å². The first kappa shape index (κ1) is 23.0. The van der Waals surface area contributed by atoms with Gasteiger partial charge in [-0.1, -0.05) is 17.7 Å². The normalized spacial score (nSPS) is 12.0. The Balaban J connectivity index is 1.70. The molecule has 0 unspecified atom stereocenters. The maximum absolute atomic E-state index is 12.5. The Bertz CT molecular complexity index is 869. The lowest BCUT2D eigenvalue weighted by Gasteiger charge is -2.12. The van der Waals surface area contributed by atoms with Crippen molar-refractivity contribution in [3.63, 3.8) is 0 Å². The van der Waals surface area contributed by atoms with Crippen LogP contribution in [-0.4, -0.2) is 37.0 Å². The Hall–Kier alpha value is -2.33. The van der Waals surface area contributed by atoms with Gasteiger partial charge in [-0.25, -0.2) is 4.98 Å². The number of thiazole rings is 1. The van der Waals surface area contributed by atoms with Gasteiger partial charge in [-0.05, 0) is 24.6 Å². The van der Waals surface area contributed by atoms with E-state index in [1.165, 1.54) is 0 Å². The van der Waals surface area contributed by atoms with Gasteiger partial charge in [0.25, 0.3) is 0 Å². The molecule has 1 heterocycles. The minimum atomic E-state index is -4.43. The zero-order valence-corrected chi connectivity index (χ0v) is 17.4. The first-order chi connectivity index (χ1) is 13.7. The molecule has 0 saturated carbocycles. The van der Waals surface area contributed by atoms with Crippen molar-refractivity contribution in [2.75, 3.05) is 25.5 Å². The number of hydrogen-bond donors (Lipinski definition) is 3. The number of nitrogens with one attached hydrogen (secondary N) is 3. The van der Waals surface area contributed by atoms with Crippen LogP contribution in [0, 0.1) is 6.92 Å². The number of nitrogens with zero attached hydrogens (tertiary/aromatic N) is 2. The Labute approximate surface area is 175 Å². The number of benzene rings is 1. The van der Waals surface area contributed by atoms with E-state index < -0.39 is 11.9 Å². The summed E-state index contributed by atoms with van der Waals surface area (Å²) in [7, 11) is 1.56. The zero-order valence-electron chi connectivity index (χ0n) is 15.9. The summed E-state index contributed by atoms with van der Waals surface area (Å²) in [4.78, 5) is 19.6. The monoisotopic (exact) mass is 447 g/mol. The summed E-state index contributed by atoms with van der Waals surface area (Å²) in [5, 5.41) is 10.5. The lowest BCUT2D eigenvalue weighted by atomic mass is 10.2. The van der Waals surface area contributed by atoms with E-state index in [4.69, 9.17) is 11.6 Å². The largest absolute Gasteiger partial charge is 0.434 e. The van der Waals surface area contributed by atoms with Gasteiger partial charge in [-0.15, -0.1) is 11.3 Å². The maximum Gasteiger partial charge on any atom is 0.434 e. The van der Waals surface area contributed by atoms with E-state index >= 15 is 0 Å². The maximum atomic E-state index is 12.5. The van der Waals surface area contributed by atoms with E-state index in [1.54, 1.807) is 19.2 Å². The lowest BCUT2D eigenvalue weighted by molar-refractivity contribution is -0.140. The number of carbonyl (C=O) groups excluding carboxylic acids is 1. The number of alkyl halides is 3. The topological polar surface area (TPSA) is 78.4 Å².